The second-order valence-corrected chi connectivity index (χ2v) is 4.14. The van der Waals surface area contributed by atoms with Crippen molar-refractivity contribution in [2.45, 2.75) is 32.7 Å². The van der Waals surface area contributed by atoms with Crippen molar-refractivity contribution >= 4 is 11.5 Å². The minimum Gasteiger partial charge on any atom is -0.368 e. The Morgan fingerprint density at radius 1 is 1.40 bits per heavy atom. The highest BCUT2D eigenvalue weighted by Gasteiger charge is 2.24. The van der Waals surface area contributed by atoms with E-state index in [0.29, 0.717) is 12.5 Å². The highest BCUT2D eigenvalue weighted by molar-refractivity contribution is 6.03. The van der Waals surface area contributed by atoms with Crippen molar-refractivity contribution in [2.24, 2.45) is 0 Å². The number of rotatable bonds is 2. The normalized spacial score (nSPS) is 17.5. The topological polar surface area (TPSA) is 20.3 Å². The Balaban J connectivity index is 2.40. The summed E-state index contributed by atoms with van der Waals surface area (Å²) in [7, 11) is 0. The van der Waals surface area contributed by atoms with E-state index in [1.807, 2.05) is 18.2 Å². The number of fused-ring (bicyclic) bond motifs is 1. The summed E-state index contributed by atoms with van der Waals surface area (Å²) in [4.78, 5) is 14.1. The molecule has 80 valence electrons. The Kier molecular flexibility index (Phi) is 2.76. The van der Waals surface area contributed by atoms with E-state index in [1.54, 1.807) is 0 Å². The van der Waals surface area contributed by atoms with Crippen molar-refractivity contribution in [3.63, 3.8) is 0 Å². The van der Waals surface area contributed by atoms with Crippen LogP contribution >= 0.6 is 0 Å². The Labute approximate surface area is 90.9 Å². The molecule has 0 aromatic heterocycles. The van der Waals surface area contributed by atoms with Crippen LogP contribution in [0.3, 0.4) is 0 Å². The van der Waals surface area contributed by atoms with Crippen LogP contribution in [0.5, 0.6) is 0 Å². The molecule has 1 aromatic carbocycles. The molecule has 1 aliphatic heterocycles. The maximum atomic E-state index is 11.7. The van der Waals surface area contributed by atoms with Crippen molar-refractivity contribution in [3.05, 3.63) is 29.8 Å². The molecule has 1 aromatic rings. The van der Waals surface area contributed by atoms with E-state index in [2.05, 4.69) is 24.8 Å². The monoisotopic (exact) mass is 203 g/mol. The standard InChI is InChI=1S/C13H17NO/c1-3-10(2)14-9-8-13(15)11-6-4-5-7-12(11)14/h4-7,10H,3,8-9H2,1-2H3. The van der Waals surface area contributed by atoms with E-state index in [-0.39, 0.29) is 5.78 Å². The van der Waals surface area contributed by atoms with Crippen LogP contribution in [0.15, 0.2) is 24.3 Å². The number of carbonyl (C=O) groups excluding carboxylic acids is 1. The molecular formula is C13H17NO. The van der Waals surface area contributed by atoms with Crippen LogP contribution in [0.4, 0.5) is 5.69 Å². The zero-order valence-corrected chi connectivity index (χ0v) is 9.36. The third-order valence-corrected chi connectivity index (χ3v) is 3.22. The Morgan fingerprint density at radius 3 is 2.87 bits per heavy atom. The molecule has 0 bridgehead atoms. The molecule has 1 unspecified atom stereocenters. The lowest BCUT2D eigenvalue weighted by molar-refractivity contribution is 0.0979. The number of anilines is 1. The summed E-state index contributed by atoms with van der Waals surface area (Å²) in [6, 6.07) is 8.45. The number of nitrogens with zero attached hydrogens (tertiary/aromatic N) is 1. The van der Waals surface area contributed by atoms with Gasteiger partial charge in [0.15, 0.2) is 5.78 Å². The predicted octanol–water partition coefficient (Wildman–Crippen LogP) is 2.88. The average molecular weight is 203 g/mol. The molecular weight excluding hydrogens is 186 g/mol. The van der Waals surface area contributed by atoms with Crippen molar-refractivity contribution in [2.75, 3.05) is 11.4 Å². The second kappa shape index (κ2) is 4.05. The quantitative estimate of drug-likeness (QED) is 0.736. The van der Waals surface area contributed by atoms with Crippen LogP contribution in [0.2, 0.25) is 0 Å². The van der Waals surface area contributed by atoms with Gasteiger partial charge in [0.25, 0.3) is 0 Å². The number of hydrogen-bond donors (Lipinski definition) is 0. The second-order valence-electron chi connectivity index (χ2n) is 4.14. The molecule has 2 heteroatoms. The van der Waals surface area contributed by atoms with E-state index < -0.39 is 0 Å². The molecule has 0 saturated carbocycles. The molecule has 1 atom stereocenters. The van der Waals surface area contributed by atoms with Gasteiger partial charge in [-0.3, -0.25) is 4.79 Å². The van der Waals surface area contributed by atoms with Crippen molar-refractivity contribution in [3.8, 4) is 0 Å². The maximum absolute atomic E-state index is 11.7. The lowest BCUT2D eigenvalue weighted by Gasteiger charge is -2.35. The van der Waals surface area contributed by atoms with Gasteiger partial charge >= 0.3 is 0 Å². The Morgan fingerprint density at radius 2 is 2.13 bits per heavy atom. The minimum atomic E-state index is 0.283. The first-order valence-electron chi connectivity index (χ1n) is 5.63. The van der Waals surface area contributed by atoms with Crippen LogP contribution in [0.25, 0.3) is 0 Å². The molecule has 0 amide bonds. The third-order valence-electron chi connectivity index (χ3n) is 3.22. The van der Waals surface area contributed by atoms with E-state index in [9.17, 15) is 4.79 Å². The summed E-state index contributed by atoms with van der Waals surface area (Å²) in [5, 5.41) is 0. The van der Waals surface area contributed by atoms with E-state index in [0.717, 1.165) is 24.2 Å². The summed E-state index contributed by atoms with van der Waals surface area (Å²) in [5.41, 5.74) is 2.01. The highest BCUT2D eigenvalue weighted by Crippen LogP contribution is 2.28. The van der Waals surface area contributed by atoms with E-state index >= 15 is 0 Å². The van der Waals surface area contributed by atoms with E-state index in [1.165, 1.54) is 0 Å². The van der Waals surface area contributed by atoms with Gasteiger partial charge < -0.3 is 4.90 Å². The van der Waals surface area contributed by atoms with Gasteiger partial charge in [0.05, 0.1) is 0 Å². The molecule has 0 spiro atoms. The molecule has 0 radical (unpaired) electrons. The molecule has 2 nitrogen and oxygen atoms in total. The molecule has 0 aliphatic carbocycles. The third kappa shape index (κ3) is 1.76. The van der Waals surface area contributed by atoms with Gasteiger partial charge in [-0.2, -0.15) is 0 Å². The molecule has 2 rings (SSSR count). The number of ketones is 1. The summed E-state index contributed by atoms with van der Waals surface area (Å²) < 4.78 is 0. The van der Waals surface area contributed by atoms with Crippen LogP contribution in [0.1, 0.15) is 37.0 Å². The molecule has 0 fully saturated rings. The smallest absolute Gasteiger partial charge is 0.166 e. The molecule has 1 heterocycles. The van der Waals surface area contributed by atoms with Crippen LogP contribution in [-0.4, -0.2) is 18.4 Å². The molecule has 0 N–H and O–H groups in total. The lowest BCUT2D eigenvalue weighted by Crippen LogP contribution is -2.38. The van der Waals surface area contributed by atoms with Gasteiger partial charge in [0, 0.05) is 30.3 Å². The first-order valence-corrected chi connectivity index (χ1v) is 5.63. The van der Waals surface area contributed by atoms with Crippen LogP contribution in [0, 0.1) is 0 Å². The minimum absolute atomic E-state index is 0.283. The number of Topliss-reactive ketones (excluding diaryl/α,β-unsaturated/α-hetero) is 1. The van der Waals surface area contributed by atoms with Gasteiger partial charge in [-0.1, -0.05) is 19.1 Å². The highest BCUT2D eigenvalue weighted by atomic mass is 16.1. The SMILES string of the molecule is CCC(C)N1CCC(=O)c2ccccc21. The number of carbonyl (C=O) groups is 1. The number of para-hydroxylation sites is 1. The first-order chi connectivity index (χ1) is 7.24. The number of hydrogen-bond acceptors (Lipinski definition) is 2. The van der Waals surface area contributed by atoms with Gasteiger partial charge in [0.1, 0.15) is 0 Å². The van der Waals surface area contributed by atoms with Crippen LogP contribution < -0.4 is 4.90 Å². The molecule has 15 heavy (non-hydrogen) atoms. The van der Waals surface area contributed by atoms with Crippen molar-refractivity contribution < 1.29 is 4.79 Å². The zero-order valence-electron chi connectivity index (χ0n) is 9.36. The molecule has 1 aliphatic rings. The zero-order chi connectivity index (χ0) is 10.8. The lowest BCUT2D eigenvalue weighted by atomic mass is 9.98. The summed E-state index contributed by atoms with van der Waals surface area (Å²) in [6.07, 6.45) is 1.77. The van der Waals surface area contributed by atoms with Crippen LogP contribution in [-0.2, 0) is 0 Å². The summed E-state index contributed by atoms with van der Waals surface area (Å²) >= 11 is 0. The van der Waals surface area contributed by atoms with E-state index in [4.69, 9.17) is 0 Å². The fraction of sp³-hybridized carbons (Fsp3) is 0.462. The fourth-order valence-electron chi connectivity index (χ4n) is 2.12. The first kappa shape index (κ1) is 10.2. The molecule has 0 saturated heterocycles. The summed E-state index contributed by atoms with van der Waals surface area (Å²) in [6.45, 7) is 5.27. The number of benzene rings is 1. The maximum Gasteiger partial charge on any atom is 0.166 e. The average Bonchev–Trinajstić information content (AvgIpc) is 2.29. The summed E-state index contributed by atoms with van der Waals surface area (Å²) in [5.74, 6) is 0.283. The van der Waals surface area contributed by atoms with Gasteiger partial charge in [0.2, 0.25) is 0 Å². The predicted molar refractivity (Wildman–Crippen MR) is 62.5 cm³/mol. The van der Waals surface area contributed by atoms with Gasteiger partial charge in [-0.15, -0.1) is 0 Å². The van der Waals surface area contributed by atoms with Crippen molar-refractivity contribution in [1.82, 2.24) is 0 Å². The van der Waals surface area contributed by atoms with Crippen molar-refractivity contribution in [1.29, 1.82) is 0 Å². The Bertz CT molecular complexity index is 373. The largest absolute Gasteiger partial charge is 0.368 e. The van der Waals surface area contributed by atoms with Gasteiger partial charge in [-0.25, -0.2) is 0 Å². The Hall–Kier alpha value is -1.31. The van der Waals surface area contributed by atoms with Gasteiger partial charge in [-0.05, 0) is 25.5 Å². The fourth-order valence-corrected chi connectivity index (χ4v) is 2.12.